The highest BCUT2D eigenvalue weighted by Crippen LogP contribution is 2.31. The number of aliphatic hydroxyl groups excluding tert-OH is 1. The molecule has 5 nitrogen and oxygen atoms in total. The van der Waals surface area contributed by atoms with Gasteiger partial charge in [0, 0.05) is 31.7 Å². The Bertz CT molecular complexity index is 293. The van der Waals surface area contributed by atoms with E-state index in [0.29, 0.717) is 0 Å². The van der Waals surface area contributed by atoms with Crippen molar-refractivity contribution in [1.82, 2.24) is 9.80 Å². The highest BCUT2D eigenvalue weighted by Gasteiger charge is 2.38. The minimum atomic E-state index is -0.217. The standard InChI is InChI=1S/C13H24N2O3/c1-13(15-7-3-11(16)4-8-15)5-9-14(10-6-13)12(17)18-2/h11,16H,3-10H2,1-2H3. The van der Waals surface area contributed by atoms with Gasteiger partial charge in [-0.15, -0.1) is 0 Å². The molecule has 2 aliphatic rings. The summed E-state index contributed by atoms with van der Waals surface area (Å²) >= 11 is 0. The third-order valence-electron chi connectivity index (χ3n) is 4.50. The third-order valence-corrected chi connectivity index (χ3v) is 4.50. The molecule has 0 aromatic rings. The summed E-state index contributed by atoms with van der Waals surface area (Å²) in [4.78, 5) is 15.7. The summed E-state index contributed by atoms with van der Waals surface area (Å²) in [6, 6.07) is 0. The highest BCUT2D eigenvalue weighted by molar-refractivity contribution is 5.67. The molecule has 2 fully saturated rings. The quantitative estimate of drug-likeness (QED) is 0.762. The monoisotopic (exact) mass is 256 g/mol. The molecule has 2 saturated heterocycles. The largest absolute Gasteiger partial charge is 0.453 e. The van der Waals surface area contributed by atoms with Crippen molar-refractivity contribution in [1.29, 1.82) is 0 Å². The van der Waals surface area contributed by atoms with Crippen molar-refractivity contribution in [2.45, 2.75) is 44.2 Å². The molecular formula is C13H24N2O3. The van der Waals surface area contributed by atoms with E-state index in [4.69, 9.17) is 4.74 Å². The van der Waals surface area contributed by atoms with Crippen LogP contribution in [0.1, 0.15) is 32.6 Å². The van der Waals surface area contributed by atoms with E-state index < -0.39 is 0 Å². The minimum absolute atomic E-state index is 0.125. The molecular weight excluding hydrogens is 232 g/mol. The van der Waals surface area contributed by atoms with Crippen LogP contribution < -0.4 is 0 Å². The summed E-state index contributed by atoms with van der Waals surface area (Å²) < 4.78 is 4.76. The average molecular weight is 256 g/mol. The molecule has 2 rings (SSSR count). The Balaban J connectivity index is 1.88. The summed E-state index contributed by atoms with van der Waals surface area (Å²) in [5, 5.41) is 9.56. The molecule has 2 aliphatic heterocycles. The fourth-order valence-electron chi connectivity index (χ4n) is 3.02. The Labute approximate surface area is 109 Å². The Hall–Kier alpha value is -0.810. The van der Waals surface area contributed by atoms with E-state index >= 15 is 0 Å². The number of methoxy groups -OCH3 is 1. The zero-order valence-electron chi connectivity index (χ0n) is 11.4. The maximum atomic E-state index is 11.5. The molecule has 0 atom stereocenters. The van der Waals surface area contributed by atoms with Gasteiger partial charge in [-0.2, -0.15) is 0 Å². The molecule has 18 heavy (non-hydrogen) atoms. The Morgan fingerprint density at radius 3 is 2.28 bits per heavy atom. The van der Waals surface area contributed by atoms with E-state index in [-0.39, 0.29) is 17.7 Å². The predicted octanol–water partition coefficient (Wildman–Crippen LogP) is 1.06. The number of ether oxygens (including phenoxy) is 1. The van der Waals surface area contributed by atoms with Gasteiger partial charge in [0.05, 0.1) is 13.2 Å². The second-order valence-electron chi connectivity index (χ2n) is 5.67. The zero-order valence-corrected chi connectivity index (χ0v) is 11.4. The van der Waals surface area contributed by atoms with Gasteiger partial charge in [0.2, 0.25) is 0 Å². The van der Waals surface area contributed by atoms with Crippen molar-refractivity contribution in [2.24, 2.45) is 0 Å². The summed E-state index contributed by atoms with van der Waals surface area (Å²) in [6.07, 6.45) is 3.37. The number of hydrogen-bond donors (Lipinski definition) is 1. The smallest absolute Gasteiger partial charge is 0.409 e. The average Bonchev–Trinajstić information content (AvgIpc) is 2.39. The Kier molecular flexibility index (Phi) is 4.12. The van der Waals surface area contributed by atoms with Gasteiger partial charge in [-0.3, -0.25) is 4.90 Å². The summed E-state index contributed by atoms with van der Waals surface area (Å²) in [6.45, 7) is 5.75. The maximum absolute atomic E-state index is 11.5. The number of carbonyl (C=O) groups is 1. The van der Waals surface area contributed by atoms with E-state index in [0.717, 1.165) is 51.9 Å². The van der Waals surface area contributed by atoms with Crippen LogP contribution in [-0.4, -0.2) is 65.9 Å². The molecule has 0 spiro atoms. The van der Waals surface area contributed by atoms with E-state index in [2.05, 4.69) is 11.8 Å². The first-order valence-corrected chi connectivity index (χ1v) is 6.81. The molecule has 104 valence electrons. The SMILES string of the molecule is COC(=O)N1CCC(C)(N2CCC(O)CC2)CC1. The number of piperidine rings is 2. The van der Waals surface area contributed by atoms with Crippen LogP contribution in [-0.2, 0) is 4.74 Å². The van der Waals surface area contributed by atoms with Crippen LogP contribution in [0.5, 0.6) is 0 Å². The topological polar surface area (TPSA) is 53.0 Å². The fraction of sp³-hybridized carbons (Fsp3) is 0.923. The Morgan fingerprint density at radius 2 is 1.78 bits per heavy atom. The highest BCUT2D eigenvalue weighted by atomic mass is 16.5. The number of rotatable bonds is 1. The molecule has 1 amide bonds. The molecule has 0 bridgehead atoms. The summed E-state index contributed by atoms with van der Waals surface area (Å²) in [7, 11) is 1.43. The van der Waals surface area contributed by atoms with Crippen molar-refractivity contribution in [3.8, 4) is 0 Å². The van der Waals surface area contributed by atoms with Crippen LogP contribution in [0.4, 0.5) is 4.79 Å². The molecule has 0 aromatic carbocycles. The maximum Gasteiger partial charge on any atom is 0.409 e. The first-order chi connectivity index (χ1) is 8.55. The van der Waals surface area contributed by atoms with Gasteiger partial charge in [0.1, 0.15) is 0 Å². The number of amides is 1. The molecule has 5 heteroatoms. The van der Waals surface area contributed by atoms with Crippen molar-refractivity contribution in [3.63, 3.8) is 0 Å². The van der Waals surface area contributed by atoms with E-state index in [1.807, 2.05) is 0 Å². The van der Waals surface area contributed by atoms with E-state index in [1.165, 1.54) is 7.11 Å². The van der Waals surface area contributed by atoms with Gasteiger partial charge < -0.3 is 14.7 Å². The van der Waals surface area contributed by atoms with Crippen molar-refractivity contribution in [3.05, 3.63) is 0 Å². The van der Waals surface area contributed by atoms with Gasteiger partial charge in [-0.25, -0.2) is 4.79 Å². The van der Waals surface area contributed by atoms with Gasteiger partial charge in [-0.05, 0) is 32.6 Å². The van der Waals surface area contributed by atoms with Crippen LogP contribution >= 0.6 is 0 Å². The molecule has 0 aliphatic carbocycles. The van der Waals surface area contributed by atoms with Crippen molar-refractivity contribution >= 4 is 6.09 Å². The number of nitrogens with zero attached hydrogens (tertiary/aromatic N) is 2. The van der Waals surface area contributed by atoms with Crippen LogP contribution in [0, 0.1) is 0 Å². The predicted molar refractivity (Wildman–Crippen MR) is 68.4 cm³/mol. The van der Waals surface area contributed by atoms with Crippen LogP contribution in [0.3, 0.4) is 0 Å². The number of likely N-dealkylation sites (tertiary alicyclic amines) is 2. The Morgan fingerprint density at radius 1 is 1.22 bits per heavy atom. The number of carbonyl (C=O) groups excluding carboxylic acids is 1. The lowest BCUT2D eigenvalue weighted by molar-refractivity contribution is -0.00857. The minimum Gasteiger partial charge on any atom is -0.453 e. The van der Waals surface area contributed by atoms with Crippen molar-refractivity contribution in [2.75, 3.05) is 33.3 Å². The number of aliphatic hydroxyl groups is 1. The van der Waals surface area contributed by atoms with Gasteiger partial charge >= 0.3 is 6.09 Å². The van der Waals surface area contributed by atoms with E-state index in [9.17, 15) is 9.90 Å². The fourth-order valence-corrected chi connectivity index (χ4v) is 3.02. The van der Waals surface area contributed by atoms with Crippen molar-refractivity contribution < 1.29 is 14.6 Å². The third kappa shape index (κ3) is 2.78. The summed E-state index contributed by atoms with van der Waals surface area (Å²) in [5.41, 5.74) is 0.171. The molecule has 2 heterocycles. The van der Waals surface area contributed by atoms with Crippen LogP contribution in [0.15, 0.2) is 0 Å². The van der Waals surface area contributed by atoms with Gasteiger partial charge in [-0.1, -0.05) is 0 Å². The van der Waals surface area contributed by atoms with Crippen LogP contribution in [0.25, 0.3) is 0 Å². The van der Waals surface area contributed by atoms with Crippen LogP contribution in [0.2, 0.25) is 0 Å². The zero-order chi connectivity index (χ0) is 13.2. The van der Waals surface area contributed by atoms with Gasteiger partial charge in [0.25, 0.3) is 0 Å². The van der Waals surface area contributed by atoms with E-state index in [1.54, 1.807) is 4.90 Å². The molecule has 0 saturated carbocycles. The second-order valence-corrected chi connectivity index (χ2v) is 5.67. The molecule has 0 aromatic heterocycles. The molecule has 0 radical (unpaired) electrons. The summed E-state index contributed by atoms with van der Waals surface area (Å²) in [5.74, 6) is 0. The number of hydrogen-bond acceptors (Lipinski definition) is 4. The molecule has 1 N–H and O–H groups in total. The second kappa shape index (κ2) is 5.45. The normalized spacial score (nSPS) is 26.1. The lowest BCUT2D eigenvalue weighted by Crippen LogP contribution is -2.56. The lowest BCUT2D eigenvalue weighted by atomic mass is 9.86. The van der Waals surface area contributed by atoms with Gasteiger partial charge in [0.15, 0.2) is 0 Å². The lowest BCUT2D eigenvalue weighted by Gasteiger charge is -2.48. The first kappa shape index (κ1) is 13.6. The molecule has 0 unspecified atom stereocenters. The first-order valence-electron chi connectivity index (χ1n) is 6.81.